The first-order valence-electron chi connectivity index (χ1n) is 9.41. The Labute approximate surface area is 174 Å². The molecular weight excluding hydrogens is 395 g/mol. The van der Waals surface area contributed by atoms with E-state index in [0.29, 0.717) is 23.5 Å². The number of ether oxygens (including phenoxy) is 2. The molecule has 0 fully saturated rings. The van der Waals surface area contributed by atoms with Crippen molar-refractivity contribution in [3.63, 3.8) is 0 Å². The Morgan fingerprint density at radius 3 is 2.31 bits per heavy atom. The Kier molecular flexibility index (Phi) is 5.50. The Hall–Kier alpha value is -2.37. The fourth-order valence-corrected chi connectivity index (χ4v) is 3.70. The molecule has 3 rings (SSSR count). The van der Waals surface area contributed by atoms with Gasteiger partial charge in [0.25, 0.3) is 0 Å². The number of hydrogen-bond acceptors (Lipinski definition) is 4. The molecule has 4 nitrogen and oxygen atoms in total. The molecule has 0 amide bonds. The summed E-state index contributed by atoms with van der Waals surface area (Å²) >= 11 is 5.83. The van der Waals surface area contributed by atoms with E-state index in [-0.39, 0.29) is 22.1 Å². The van der Waals surface area contributed by atoms with Gasteiger partial charge in [0.2, 0.25) is 0 Å². The zero-order valence-electron chi connectivity index (χ0n) is 17.1. The number of aliphatic hydroxyl groups is 1. The zero-order chi connectivity index (χ0) is 21.6. The first-order valence-corrected chi connectivity index (χ1v) is 9.79. The molecule has 1 heterocycles. The van der Waals surface area contributed by atoms with E-state index in [1.807, 2.05) is 13.0 Å². The minimum absolute atomic E-state index is 0.0450. The van der Waals surface area contributed by atoms with Crippen molar-refractivity contribution in [2.24, 2.45) is 0 Å². The molecule has 0 aromatic heterocycles. The summed E-state index contributed by atoms with van der Waals surface area (Å²) in [6.45, 7) is 8.80. The average Bonchev–Trinajstić information content (AvgIpc) is 2.63. The van der Waals surface area contributed by atoms with Gasteiger partial charge in [-0.1, -0.05) is 24.6 Å². The minimum Gasteiger partial charge on any atom is -0.508 e. The molecule has 0 unspecified atom stereocenters. The molecule has 6 heteroatoms. The molecule has 154 valence electrons. The van der Waals surface area contributed by atoms with Gasteiger partial charge in [-0.05, 0) is 69.5 Å². The maximum atomic E-state index is 13.4. The third-order valence-corrected chi connectivity index (χ3v) is 5.24. The van der Waals surface area contributed by atoms with E-state index in [1.54, 1.807) is 39.8 Å². The Morgan fingerprint density at radius 2 is 1.69 bits per heavy atom. The standard InChI is InChI=1S/C23H24ClFO4/c1-6-13-7-8-14(28-15-9-10-18(25)17(24)12-15)11-16(13)19-20(26)22(2,3)29-23(4,5)21(19)27/h7-12,26H,6H2,1-5H3. The predicted molar refractivity (Wildman–Crippen MR) is 111 cm³/mol. The van der Waals surface area contributed by atoms with Crippen molar-refractivity contribution in [1.29, 1.82) is 0 Å². The zero-order valence-corrected chi connectivity index (χ0v) is 17.9. The summed E-state index contributed by atoms with van der Waals surface area (Å²) in [5.74, 6) is -0.142. The molecule has 1 aliphatic rings. The van der Waals surface area contributed by atoms with E-state index in [1.165, 1.54) is 18.2 Å². The second-order valence-electron chi connectivity index (χ2n) is 8.03. The van der Waals surface area contributed by atoms with E-state index in [4.69, 9.17) is 21.1 Å². The molecule has 0 saturated carbocycles. The second-order valence-corrected chi connectivity index (χ2v) is 8.43. The van der Waals surface area contributed by atoms with Gasteiger partial charge < -0.3 is 14.6 Å². The number of ketones is 1. The third kappa shape index (κ3) is 4.02. The molecule has 0 spiro atoms. The third-order valence-electron chi connectivity index (χ3n) is 4.95. The van der Waals surface area contributed by atoms with Crippen LogP contribution in [0.2, 0.25) is 5.02 Å². The lowest BCUT2D eigenvalue weighted by Gasteiger charge is -2.40. The number of aliphatic hydroxyl groups excluding tert-OH is 1. The van der Waals surface area contributed by atoms with E-state index >= 15 is 0 Å². The summed E-state index contributed by atoms with van der Waals surface area (Å²) in [6.07, 6.45) is 0.657. The highest BCUT2D eigenvalue weighted by molar-refractivity contribution is 6.30. The van der Waals surface area contributed by atoms with Gasteiger partial charge in [-0.15, -0.1) is 0 Å². The summed E-state index contributed by atoms with van der Waals surface area (Å²) in [7, 11) is 0. The van der Waals surface area contributed by atoms with Gasteiger partial charge in [0.15, 0.2) is 5.78 Å². The molecular formula is C23H24ClFO4. The number of benzene rings is 2. The monoisotopic (exact) mass is 418 g/mol. The molecule has 2 aromatic rings. The van der Waals surface area contributed by atoms with Gasteiger partial charge in [-0.3, -0.25) is 4.79 Å². The number of rotatable bonds is 4. The van der Waals surface area contributed by atoms with Crippen LogP contribution >= 0.6 is 11.6 Å². The average molecular weight is 419 g/mol. The molecule has 0 radical (unpaired) electrons. The smallest absolute Gasteiger partial charge is 0.198 e. The van der Waals surface area contributed by atoms with E-state index in [0.717, 1.165) is 5.56 Å². The van der Waals surface area contributed by atoms with Gasteiger partial charge >= 0.3 is 0 Å². The molecule has 1 aliphatic heterocycles. The van der Waals surface area contributed by atoms with Crippen LogP contribution in [0.4, 0.5) is 4.39 Å². The van der Waals surface area contributed by atoms with Crippen molar-refractivity contribution in [2.45, 2.75) is 52.2 Å². The molecule has 1 N–H and O–H groups in total. The van der Waals surface area contributed by atoms with Crippen molar-refractivity contribution < 1.29 is 23.8 Å². The maximum absolute atomic E-state index is 13.4. The topological polar surface area (TPSA) is 55.8 Å². The Balaban J connectivity index is 2.12. The quantitative estimate of drug-likeness (QED) is 0.636. The lowest BCUT2D eigenvalue weighted by Crippen LogP contribution is -2.49. The van der Waals surface area contributed by atoms with Crippen LogP contribution in [0.1, 0.15) is 45.7 Å². The minimum atomic E-state index is -1.09. The molecule has 29 heavy (non-hydrogen) atoms. The first-order chi connectivity index (χ1) is 13.5. The van der Waals surface area contributed by atoms with Gasteiger partial charge in [0, 0.05) is 6.07 Å². The molecule has 0 saturated heterocycles. The van der Waals surface area contributed by atoms with Crippen LogP contribution in [0.25, 0.3) is 5.57 Å². The molecule has 0 aliphatic carbocycles. The number of Topliss-reactive ketones (excluding diaryl/α,β-unsaturated/α-hetero) is 1. The Bertz CT molecular complexity index is 1010. The fraction of sp³-hybridized carbons (Fsp3) is 0.348. The van der Waals surface area contributed by atoms with Gasteiger partial charge in [-0.2, -0.15) is 0 Å². The van der Waals surface area contributed by atoms with E-state index in [9.17, 15) is 14.3 Å². The SMILES string of the molecule is CCc1ccc(Oc2ccc(F)c(Cl)c2)cc1C1=C(O)C(C)(C)OC(C)(C)C1=O. The van der Waals surface area contributed by atoms with Crippen molar-refractivity contribution in [2.75, 3.05) is 0 Å². The highest BCUT2D eigenvalue weighted by Crippen LogP contribution is 2.42. The molecule has 0 atom stereocenters. The first kappa shape index (κ1) is 21.3. The van der Waals surface area contributed by atoms with Crippen LogP contribution < -0.4 is 4.74 Å². The van der Waals surface area contributed by atoms with Crippen LogP contribution in [0.3, 0.4) is 0 Å². The largest absolute Gasteiger partial charge is 0.508 e. The maximum Gasteiger partial charge on any atom is 0.198 e. The molecule has 0 bridgehead atoms. The van der Waals surface area contributed by atoms with Crippen LogP contribution in [-0.2, 0) is 16.0 Å². The number of hydrogen-bond donors (Lipinski definition) is 1. The second kappa shape index (κ2) is 7.47. The number of halogens is 2. The number of carbonyl (C=O) groups excluding carboxylic acids is 1. The lowest BCUT2D eigenvalue weighted by atomic mass is 9.81. The van der Waals surface area contributed by atoms with E-state index in [2.05, 4.69) is 0 Å². The highest BCUT2D eigenvalue weighted by atomic mass is 35.5. The number of aryl methyl sites for hydroxylation is 1. The van der Waals surface area contributed by atoms with Crippen LogP contribution in [0.15, 0.2) is 42.2 Å². The summed E-state index contributed by atoms with van der Waals surface area (Å²) in [5, 5.41) is 10.8. The predicted octanol–water partition coefficient (Wildman–Crippen LogP) is 6.26. The van der Waals surface area contributed by atoms with Crippen LogP contribution in [0, 0.1) is 5.82 Å². The van der Waals surface area contributed by atoms with Crippen molar-refractivity contribution in [3.8, 4) is 11.5 Å². The molecule has 2 aromatic carbocycles. The number of carbonyl (C=O) groups is 1. The lowest BCUT2D eigenvalue weighted by molar-refractivity contribution is -0.158. The van der Waals surface area contributed by atoms with Crippen molar-refractivity contribution in [3.05, 3.63) is 64.1 Å². The van der Waals surface area contributed by atoms with Gasteiger partial charge in [0.1, 0.15) is 34.3 Å². The normalized spacial score (nSPS) is 18.1. The van der Waals surface area contributed by atoms with Gasteiger partial charge in [0.05, 0.1) is 10.6 Å². The Morgan fingerprint density at radius 1 is 1.07 bits per heavy atom. The highest BCUT2D eigenvalue weighted by Gasteiger charge is 2.47. The van der Waals surface area contributed by atoms with Crippen LogP contribution in [0.5, 0.6) is 11.5 Å². The summed E-state index contributed by atoms with van der Waals surface area (Å²) < 4.78 is 25.0. The van der Waals surface area contributed by atoms with Crippen molar-refractivity contribution in [1.82, 2.24) is 0 Å². The van der Waals surface area contributed by atoms with Crippen molar-refractivity contribution >= 4 is 23.0 Å². The van der Waals surface area contributed by atoms with E-state index < -0.39 is 17.0 Å². The summed E-state index contributed by atoms with van der Waals surface area (Å²) in [5.41, 5.74) is -0.398. The van der Waals surface area contributed by atoms with Gasteiger partial charge in [-0.25, -0.2) is 4.39 Å². The summed E-state index contributed by atoms with van der Waals surface area (Å²) in [4.78, 5) is 13.1. The summed E-state index contributed by atoms with van der Waals surface area (Å²) in [6, 6.07) is 9.39. The fourth-order valence-electron chi connectivity index (χ4n) is 3.53. The van der Waals surface area contributed by atoms with Crippen LogP contribution in [-0.4, -0.2) is 22.1 Å².